The van der Waals surface area contributed by atoms with E-state index in [1.807, 2.05) is 12.3 Å². The van der Waals surface area contributed by atoms with E-state index >= 15 is 0 Å². The maximum Gasteiger partial charge on any atom is 0.240 e. The van der Waals surface area contributed by atoms with Gasteiger partial charge in [0.15, 0.2) is 0 Å². The molecule has 1 aromatic carbocycles. The van der Waals surface area contributed by atoms with E-state index < -0.39 is 10.0 Å². The summed E-state index contributed by atoms with van der Waals surface area (Å²) in [6.45, 7) is 2.11. The van der Waals surface area contributed by atoms with Crippen molar-refractivity contribution in [3.63, 3.8) is 0 Å². The minimum atomic E-state index is -3.45. The number of nitrogens with zero attached hydrogens (tertiary/aromatic N) is 1. The highest BCUT2D eigenvalue weighted by atomic mass is 127. The monoisotopic (exact) mass is 394 g/mol. The number of aromatic nitrogens is 1. The summed E-state index contributed by atoms with van der Waals surface area (Å²) >= 11 is 3.58. The second kappa shape index (κ2) is 5.64. The van der Waals surface area contributed by atoms with Crippen LogP contribution in [0.1, 0.15) is 10.7 Å². The number of sulfonamides is 1. The second-order valence-corrected chi connectivity index (χ2v) is 7.62. The van der Waals surface area contributed by atoms with E-state index in [0.29, 0.717) is 0 Å². The van der Waals surface area contributed by atoms with Gasteiger partial charge >= 0.3 is 0 Å². The first kappa shape index (κ1) is 13.9. The van der Waals surface area contributed by atoms with Gasteiger partial charge in [-0.15, -0.1) is 11.3 Å². The number of benzene rings is 1. The van der Waals surface area contributed by atoms with Crippen molar-refractivity contribution in [3.05, 3.63) is 43.9 Å². The van der Waals surface area contributed by atoms with Gasteiger partial charge in [-0.05, 0) is 53.8 Å². The number of aryl methyl sites for hydroxylation is 1. The molecule has 0 spiro atoms. The SMILES string of the molecule is Cc1csc(CNS(=O)(=O)c2ccc(I)cc2)n1. The molecule has 2 rings (SSSR count). The molecule has 0 radical (unpaired) electrons. The highest BCUT2D eigenvalue weighted by Crippen LogP contribution is 2.13. The summed E-state index contributed by atoms with van der Waals surface area (Å²) in [6, 6.07) is 6.72. The van der Waals surface area contributed by atoms with Gasteiger partial charge in [0.05, 0.1) is 11.4 Å². The largest absolute Gasteiger partial charge is 0.245 e. The predicted octanol–water partition coefficient (Wildman–Crippen LogP) is 2.53. The molecule has 96 valence electrons. The molecule has 0 aliphatic rings. The molecule has 4 nitrogen and oxygen atoms in total. The van der Waals surface area contributed by atoms with Crippen molar-refractivity contribution in [3.8, 4) is 0 Å². The third kappa shape index (κ3) is 3.50. The van der Waals surface area contributed by atoms with Crippen LogP contribution in [0, 0.1) is 10.5 Å². The van der Waals surface area contributed by atoms with Crippen LogP contribution in [0.25, 0.3) is 0 Å². The minimum absolute atomic E-state index is 0.229. The Balaban J connectivity index is 2.10. The Kier molecular flexibility index (Phi) is 4.36. The van der Waals surface area contributed by atoms with Gasteiger partial charge in [-0.1, -0.05) is 0 Å². The summed E-state index contributed by atoms with van der Waals surface area (Å²) in [6.07, 6.45) is 0. The Morgan fingerprint density at radius 1 is 1.33 bits per heavy atom. The molecule has 18 heavy (non-hydrogen) atoms. The molecular formula is C11H11IN2O2S2. The van der Waals surface area contributed by atoms with Crippen LogP contribution in [0.2, 0.25) is 0 Å². The summed E-state index contributed by atoms with van der Waals surface area (Å²) in [5, 5.41) is 2.66. The number of thiazole rings is 1. The maximum atomic E-state index is 12.0. The van der Waals surface area contributed by atoms with Crippen LogP contribution >= 0.6 is 33.9 Å². The molecule has 0 fully saturated rings. The molecule has 0 saturated carbocycles. The van der Waals surface area contributed by atoms with Crippen molar-refractivity contribution in [1.29, 1.82) is 0 Å². The Labute approximate surface area is 124 Å². The van der Waals surface area contributed by atoms with Gasteiger partial charge in [0.25, 0.3) is 0 Å². The predicted molar refractivity (Wildman–Crippen MR) is 80.0 cm³/mol. The van der Waals surface area contributed by atoms with Gasteiger partial charge in [0.2, 0.25) is 10.0 Å². The molecule has 1 heterocycles. The van der Waals surface area contributed by atoms with E-state index in [-0.39, 0.29) is 11.4 Å². The average Bonchev–Trinajstić information content (AvgIpc) is 2.73. The smallest absolute Gasteiger partial charge is 0.240 e. The van der Waals surface area contributed by atoms with E-state index in [9.17, 15) is 8.42 Å². The standard InChI is InChI=1S/C11H11IN2O2S2/c1-8-7-17-11(14-8)6-13-18(15,16)10-4-2-9(12)3-5-10/h2-5,7,13H,6H2,1H3. The van der Waals surface area contributed by atoms with Crippen molar-refractivity contribution in [2.45, 2.75) is 18.4 Å². The lowest BCUT2D eigenvalue weighted by Gasteiger charge is -2.05. The van der Waals surface area contributed by atoms with Crippen molar-refractivity contribution in [1.82, 2.24) is 9.71 Å². The van der Waals surface area contributed by atoms with E-state index in [2.05, 4.69) is 32.3 Å². The number of nitrogens with one attached hydrogen (secondary N) is 1. The van der Waals surface area contributed by atoms with E-state index in [1.54, 1.807) is 24.3 Å². The fourth-order valence-corrected chi connectivity index (χ4v) is 3.49. The van der Waals surface area contributed by atoms with Crippen LogP contribution in [-0.4, -0.2) is 13.4 Å². The summed E-state index contributed by atoms with van der Waals surface area (Å²) in [7, 11) is -3.45. The van der Waals surface area contributed by atoms with E-state index in [1.165, 1.54) is 11.3 Å². The summed E-state index contributed by atoms with van der Waals surface area (Å²) in [5.41, 5.74) is 0.906. The second-order valence-electron chi connectivity index (χ2n) is 3.66. The lowest BCUT2D eigenvalue weighted by molar-refractivity contribution is 0.581. The quantitative estimate of drug-likeness (QED) is 0.811. The van der Waals surface area contributed by atoms with Gasteiger partial charge in [0, 0.05) is 14.6 Å². The van der Waals surface area contributed by atoms with Crippen LogP contribution in [0.5, 0.6) is 0 Å². The number of rotatable bonds is 4. The van der Waals surface area contributed by atoms with Gasteiger partial charge in [0.1, 0.15) is 5.01 Å². The molecule has 1 aromatic heterocycles. The van der Waals surface area contributed by atoms with E-state index in [0.717, 1.165) is 14.3 Å². The zero-order valence-electron chi connectivity index (χ0n) is 9.55. The molecule has 7 heteroatoms. The lowest BCUT2D eigenvalue weighted by Crippen LogP contribution is -2.23. The summed E-state index contributed by atoms with van der Waals surface area (Å²) in [5.74, 6) is 0. The van der Waals surface area contributed by atoms with Crippen LogP contribution < -0.4 is 4.72 Å². The molecular weight excluding hydrogens is 383 g/mol. The molecule has 0 amide bonds. The van der Waals surface area contributed by atoms with Crippen LogP contribution in [0.15, 0.2) is 34.5 Å². The molecule has 0 unspecified atom stereocenters. The molecule has 0 aliphatic heterocycles. The number of hydrogen-bond acceptors (Lipinski definition) is 4. The normalized spacial score (nSPS) is 11.7. The van der Waals surface area contributed by atoms with Gasteiger partial charge in [-0.3, -0.25) is 0 Å². The van der Waals surface area contributed by atoms with Gasteiger partial charge < -0.3 is 0 Å². The minimum Gasteiger partial charge on any atom is -0.245 e. The van der Waals surface area contributed by atoms with Crippen molar-refractivity contribution in [2.75, 3.05) is 0 Å². The lowest BCUT2D eigenvalue weighted by atomic mass is 10.4. The highest BCUT2D eigenvalue weighted by molar-refractivity contribution is 14.1. The Bertz CT molecular complexity index is 635. The molecule has 1 N–H and O–H groups in total. The fraction of sp³-hybridized carbons (Fsp3) is 0.182. The Morgan fingerprint density at radius 2 is 2.00 bits per heavy atom. The first-order valence-electron chi connectivity index (χ1n) is 5.13. The Hall–Kier alpha value is -0.510. The first-order valence-corrected chi connectivity index (χ1v) is 8.58. The fourth-order valence-electron chi connectivity index (χ4n) is 1.34. The van der Waals surface area contributed by atoms with Crippen molar-refractivity contribution < 1.29 is 8.42 Å². The van der Waals surface area contributed by atoms with Gasteiger partial charge in [-0.25, -0.2) is 18.1 Å². The molecule has 0 bridgehead atoms. The molecule has 0 saturated heterocycles. The van der Waals surface area contributed by atoms with Crippen molar-refractivity contribution in [2.24, 2.45) is 0 Å². The maximum absolute atomic E-state index is 12.0. The molecule has 0 atom stereocenters. The van der Waals surface area contributed by atoms with Crippen LogP contribution in [0.4, 0.5) is 0 Å². The number of hydrogen-bond donors (Lipinski definition) is 1. The molecule has 0 aliphatic carbocycles. The van der Waals surface area contributed by atoms with E-state index in [4.69, 9.17) is 0 Å². The third-order valence-corrected chi connectivity index (χ3v) is 5.31. The highest BCUT2D eigenvalue weighted by Gasteiger charge is 2.14. The first-order chi connectivity index (χ1) is 8.47. The zero-order valence-corrected chi connectivity index (χ0v) is 13.3. The summed E-state index contributed by atoms with van der Waals surface area (Å²) in [4.78, 5) is 4.49. The van der Waals surface area contributed by atoms with Crippen LogP contribution in [0.3, 0.4) is 0 Å². The topological polar surface area (TPSA) is 59.1 Å². The van der Waals surface area contributed by atoms with Crippen LogP contribution in [-0.2, 0) is 16.6 Å². The molecule has 2 aromatic rings. The summed E-state index contributed by atoms with van der Waals surface area (Å²) < 4.78 is 27.5. The zero-order chi connectivity index (χ0) is 13.2. The van der Waals surface area contributed by atoms with Gasteiger partial charge in [-0.2, -0.15) is 0 Å². The number of halogens is 1. The van der Waals surface area contributed by atoms with Crippen molar-refractivity contribution >= 4 is 44.0 Å². The Morgan fingerprint density at radius 3 is 2.56 bits per heavy atom. The average molecular weight is 394 g/mol. The third-order valence-electron chi connectivity index (χ3n) is 2.20.